The first-order valence-electron chi connectivity index (χ1n) is 5.75. The summed E-state index contributed by atoms with van der Waals surface area (Å²) in [4.78, 5) is -0.636. The summed E-state index contributed by atoms with van der Waals surface area (Å²) in [7, 11) is -4.05. The highest BCUT2D eigenvalue weighted by Gasteiger charge is 2.31. The molecule has 0 aromatic heterocycles. The molecule has 0 bridgehead atoms. The lowest BCUT2D eigenvalue weighted by atomic mass is 10.1. The van der Waals surface area contributed by atoms with E-state index in [4.69, 9.17) is 5.73 Å². The molecule has 0 unspecified atom stereocenters. The lowest BCUT2D eigenvalue weighted by molar-refractivity contribution is 0.113. The molecule has 2 rings (SSSR count). The molecular weight excluding hydrogens is 278 g/mol. The number of nitrogens with zero attached hydrogens (tertiary/aromatic N) is 1. The molecule has 8 heteroatoms. The fourth-order valence-electron chi connectivity index (χ4n) is 1.97. The van der Waals surface area contributed by atoms with Gasteiger partial charge in [0.1, 0.15) is 16.4 Å². The Bertz CT molecular complexity index is 584. The smallest absolute Gasteiger partial charge is 0.246 e. The van der Waals surface area contributed by atoms with Gasteiger partial charge in [0.2, 0.25) is 10.0 Å². The van der Waals surface area contributed by atoms with Gasteiger partial charge in [-0.15, -0.1) is 0 Å². The average Bonchev–Trinajstić information content (AvgIpc) is 2.36. The van der Waals surface area contributed by atoms with Crippen molar-refractivity contribution in [3.8, 4) is 0 Å². The van der Waals surface area contributed by atoms with Gasteiger partial charge in [0.05, 0.1) is 6.10 Å². The predicted molar refractivity (Wildman–Crippen MR) is 64.8 cm³/mol. The quantitative estimate of drug-likeness (QED) is 0.786. The van der Waals surface area contributed by atoms with Crippen LogP contribution in [0.5, 0.6) is 0 Å². The Morgan fingerprint density at radius 2 is 1.84 bits per heavy atom. The molecule has 1 heterocycles. The molecule has 1 aromatic carbocycles. The minimum absolute atomic E-state index is 0.0974. The lowest BCUT2D eigenvalue weighted by Crippen LogP contribution is -2.40. The number of anilines is 1. The van der Waals surface area contributed by atoms with Gasteiger partial charge in [-0.3, -0.25) is 0 Å². The number of nitrogens with two attached hydrogens (primary N) is 1. The molecule has 1 aromatic rings. The van der Waals surface area contributed by atoms with E-state index in [-0.39, 0.29) is 25.9 Å². The third-order valence-electron chi connectivity index (χ3n) is 3.13. The minimum atomic E-state index is -4.05. The van der Waals surface area contributed by atoms with Gasteiger partial charge in [-0.1, -0.05) is 0 Å². The summed E-state index contributed by atoms with van der Waals surface area (Å²) in [5.41, 5.74) is 4.35. The average molecular weight is 292 g/mol. The fraction of sp³-hybridized carbons (Fsp3) is 0.455. The summed E-state index contributed by atoms with van der Waals surface area (Å²) >= 11 is 0. The second-order valence-electron chi connectivity index (χ2n) is 4.41. The standard InChI is InChI=1S/C11H14F2N2O3S/c12-8-1-2-9(10(13)11(8)14)19(17,18)15-5-3-7(16)4-6-15/h1-2,7,16H,3-6,14H2. The second-order valence-corrected chi connectivity index (χ2v) is 6.31. The highest BCUT2D eigenvalue weighted by atomic mass is 32.2. The molecule has 0 radical (unpaired) electrons. The Kier molecular flexibility index (Phi) is 3.75. The molecule has 0 saturated carbocycles. The molecule has 106 valence electrons. The number of aliphatic hydroxyl groups excluding tert-OH is 1. The number of nitrogen functional groups attached to an aromatic ring is 1. The first kappa shape index (κ1) is 14.2. The molecule has 1 aliphatic heterocycles. The molecule has 0 atom stereocenters. The van der Waals surface area contributed by atoms with E-state index in [9.17, 15) is 22.3 Å². The number of hydrogen-bond acceptors (Lipinski definition) is 4. The fourth-order valence-corrected chi connectivity index (χ4v) is 3.52. The van der Waals surface area contributed by atoms with Gasteiger partial charge >= 0.3 is 0 Å². The number of piperidine rings is 1. The van der Waals surface area contributed by atoms with Crippen molar-refractivity contribution in [1.82, 2.24) is 4.31 Å². The largest absolute Gasteiger partial charge is 0.394 e. The summed E-state index contributed by atoms with van der Waals surface area (Å²) in [6.07, 6.45) is 0.0317. The monoisotopic (exact) mass is 292 g/mol. The molecule has 0 spiro atoms. The van der Waals surface area contributed by atoms with Crippen molar-refractivity contribution >= 4 is 15.7 Å². The van der Waals surface area contributed by atoms with E-state index >= 15 is 0 Å². The topological polar surface area (TPSA) is 83.6 Å². The van der Waals surface area contributed by atoms with Crippen LogP contribution in [0.25, 0.3) is 0 Å². The summed E-state index contributed by atoms with van der Waals surface area (Å²) in [5.74, 6) is -2.27. The molecule has 1 saturated heterocycles. The normalized spacial score (nSPS) is 18.7. The van der Waals surface area contributed by atoms with Crippen molar-refractivity contribution in [2.75, 3.05) is 18.8 Å². The van der Waals surface area contributed by atoms with Crippen LogP contribution >= 0.6 is 0 Å². The van der Waals surface area contributed by atoms with Gasteiger partial charge in [0, 0.05) is 13.1 Å². The van der Waals surface area contributed by atoms with Crippen LogP contribution in [-0.2, 0) is 10.0 Å². The van der Waals surface area contributed by atoms with Crippen molar-refractivity contribution in [2.24, 2.45) is 0 Å². The molecular formula is C11H14F2N2O3S. The maximum atomic E-state index is 13.8. The van der Waals surface area contributed by atoms with Crippen molar-refractivity contribution in [1.29, 1.82) is 0 Å². The van der Waals surface area contributed by atoms with Crippen LogP contribution in [0.4, 0.5) is 14.5 Å². The van der Waals surface area contributed by atoms with Crippen LogP contribution in [0.2, 0.25) is 0 Å². The van der Waals surface area contributed by atoms with Gasteiger partial charge < -0.3 is 10.8 Å². The Balaban J connectivity index is 2.38. The number of aliphatic hydroxyl groups is 1. The van der Waals surface area contributed by atoms with Gasteiger partial charge in [-0.2, -0.15) is 4.31 Å². The zero-order chi connectivity index (χ0) is 14.2. The highest BCUT2D eigenvalue weighted by Crippen LogP contribution is 2.27. The minimum Gasteiger partial charge on any atom is -0.394 e. The maximum Gasteiger partial charge on any atom is 0.246 e. The van der Waals surface area contributed by atoms with E-state index in [0.717, 1.165) is 16.4 Å². The molecule has 5 nitrogen and oxygen atoms in total. The van der Waals surface area contributed by atoms with Crippen LogP contribution in [0.3, 0.4) is 0 Å². The van der Waals surface area contributed by atoms with E-state index in [1.165, 1.54) is 0 Å². The van der Waals surface area contributed by atoms with Crippen molar-refractivity contribution in [2.45, 2.75) is 23.8 Å². The highest BCUT2D eigenvalue weighted by molar-refractivity contribution is 7.89. The summed E-state index contributed by atoms with van der Waals surface area (Å²) in [6, 6.07) is 1.69. The summed E-state index contributed by atoms with van der Waals surface area (Å²) in [5, 5.41) is 9.33. The second kappa shape index (κ2) is 5.03. The Morgan fingerprint density at radius 3 is 2.42 bits per heavy atom. The SMILES string of the molecule is Nc1c(F)ccc(S(=O)(=O)N2CCC(O)CC2)c1F. The number of rotatable bonds is 2. The van der Waals surface area contributed by atoms with E-state index in [1.54, 1.807) is 0 Å². The van der Waals surface area contributed by atoms with Crippen LogP contribution < -0.4 is 5.73 Å². The number of halogens is 2. The van der Waals surface area contributed by atoms with E-state index in [1.807, 2.05) is 0 Å². The first-order valence-corrected chi connectivity index (χ1v) is 7.19. The van der Waals surface area contributed by atoms with Crippen molar-refractivity contribution in [3.05, 3.63) is 23.8 Å². The molecule has 19 heavy (non-hydrogen) atoms. The van der Waals surface area contributed by atoms with Gasteiger partial charge in [-0.05, 0) is 25.0 Å². The number of sulfonamides is 1. The Hall–Kier alpha value is -1.25. The van der Waals surface area contributed by atoms with Crippen LogP contribution in [0.1, 0.15) is 12.8 Å². The predicted octanol–water partition coefficient (Wildman–Crippen LogP) is 0.692. The van der Waals surface area contributed by atoms with Gasteiger partial charge in [0.25, 0.3) is 0 Å². The van der Waals surface area contributed by atoms with E-state index in [2.05, 4.69) is 0 Å². The third-order valence-corrected chi connectivity index (χ3v) is 5.05. The zero-order valence-electron chi connectivity index (χ0n) is 10.0. The van der Waals surface area contributed by atoms with Crippen molar-refractivity contribution < 1.29 is 22.3 Å². The molecule has 1 fully saturated rings. The summed E-state index contributed by atoms with van der Waals surface area (Å²) in [6.45, 7) is 0.195. The van der Waals surface area contributed by atoms with Crippen LogP contribution in [0, 0.1) is 11.6 Å². The van der Waals surface area contributed by atoms with Crippen molar-refractivity contribution in [3.63, 3.8) is 0 Å². The lowest BCUT2D eigenvalue weighted by Gasteiger charge is -2.28. The molecule has 3 N–H and O–H groups in total. The van der Waals surface area contributed by atoms with Gasteiger partial charge in [0.15, 0.2) is 5.82 Å². The molecule has 0 amide bonds. The Morgan fingerprint density at radius 1 is 1.26 bits per heavy atom. The number of benzene rings is 1. The van der Waals surface area contributed by atoms with Crippen LogP contribution in [0.15, 0.2) is 17.0 Å². The summed E-state index contributed by atoms with van der Waals surface area (Å²) < 4.78 is 52.3. The van der Waals surface area contributed by atoms with Crippen LogP contribution in [-0.4, -0.2) is 37.0 Å². The Labute approximate surface area is 109 Å². The molecule has 1 aliphatic rings. The zero-order valence-corrected chi connectivity index (χ0v) is 10.8. The number of hydrogen-bond donors (Lipinski definition) is 2. The van der Waals surface area contributed by atoms with Gasteiger partial charge in [-0.25, -0.2) is 17.2 Å². The maximum absolute atomic E-state index is 13.8. The van der Waals surface area contributed by atoms with E-state index < -0.39 is 38.3 Å². The first-order chi connectivity index (χ1) is 8.84. The van der Waals surface area contributed by atoms with E-state index in [0.29, 0.717) is 0 Å². The molecule has 0 aliphatic carbocycles. The third kappa shape index (κ3) is 2.56.